The van der Waals surface area contributed by atoms with Crippen LogP contribution in [0, 0.1) is 5.82 Å². The van der Waals surface area contributed by atoms with Crippen LogP contribution in [0.5, 0.6) is 0 Å². The van der Waals surface area contributed by atoms with Gasteiger partial charge < -0.3 is 10.1 Å². The quantitative estimate of drug-likeness (QED) is 0.772. The summed E-state index contributed by atoms with van der Waals surface area (Å²) >= 11 is 0. The van der Waals surface area contributed by atoms with Crippen molar-refractivity contribution in [1.82, 2.24) is 5.32 Å². The molecular formula is C15H22FNO2. The third kappa shape index (κ3) is 4.03. The van der Waals surface area contributed by atoms with Gasteiger partial charge in [-0.2, -0.15) is 0 Å². The van der Waals surface area contributed by atoms with E-state index >= 15 is 0 Å². The molecule has 1 aromatic carbocycles. The van der Waals surface area contributed by atoms with Crippen molar-refractivity contribution < 1.29 is 13.9 Å². The zero-order valence-electron chi connectivity index (χ0n) is 11.8. The Bertz CT molecular complexity index is 405. The summed E-state index contributed by atoms with van der Waals surface area (Å²) in [5.74, 6) is -0.544. The van der Waals surface area contributed by atoms with E-state index in [0.29, 0.717) is 0 Å². The average molecular weight is 267 g/mol. The summed E-state index contributed by atoms with van der Waals surface area (Å²) in [6.45, 7) is 4.87. The molecule has 19 heavy (non-hydrogen) atoms. The van der Waals surface area contributed by atoms with Crippen molar-refractivity contribution in [2.24, 2.45) is 0 Å². The topological polar surface area (TPSA) is 38.3 Å². The first-order chi connectivity index (χ1) is 9.07. The van der Waals surface area contributed by atoms with Crippen molar-refractivity contribution in [2.45, 2.75) is 38.6 Å². The first-order valence-corrected chi connectivity index (χ1v) is 6.66. The maximum Gasteiger partial charge on any atom is 0.307 e. The standard InChI is InChI=1S/C15H22FNO2/c1-4-10-17-15(5-2,11-14(18)19-3)12-6-8-13(16)9-7-12/h6-9,17H,4-5,10-11H2,1-3H3. The number of carbonyl (C=O) groups is 1. The lowest BCUT2D eigenvalue weighted by Gasteiger charge is -2.34. The average Bonchev–Trinajstić information content (AvgIpc) is 2.44. The lowest BCUT2D eigenvalue weighted by molar-refractivity contribution is -0.142. The van der Waals surface area contributed by atoms with Gasteiger partial charge in [0.15, 0.2) is 0 Å². The highest BCUT2D eigenvalue weighted by Crippen LogP contribution is 2.29. The van der Waals surface area contributed by atoms with Crippen molar-refractivity contribution >= 4 is 5.97 Å². The molecule has 3 nitrogen and oxygen atoms in total. The molecule has 0 spiro atoms. The molecule has 1 rings (SSSR count). The molecule has 1 aromatic rings. The molecule has 0 aliphatic heterocycles. The molecule has 1 atom stereocenters. The Balaban J connectivity index is 3.07. The summed E-state index contributed by atoms with van der Waals surface area (Å²) in [5, 5.41) is 3.41. The Morgan fingerprint density at radius 1 is 1.32 bits per heavy atom. The number of hydrogen-bond donors (Lipinski definition) is 1. The molecule has 0 aliphatic carbocycles. The lowest BCUT2D eigenvalue weighted by atomic mass is 9.84. The number of halogens is 1. The number of hydrogen-bond acceptors (Lipinski definition) is 3. The van der Waals surface area contributed by atoms with Crippen LogP contribution in [0.1, 0.15) is 38.7 Å². The van der Waals surface area contributed by atoms with Gasteiger partial charge in [0.05, 0.1) is 19.1 Å². The molecule has 0 fully saturated rings. The summed E-state index contributed by atoms with van der Waals surface area (Å²) in [6.07, 6.45) is 1.93. The van der Waals surface area contributed by atoms with E-state index in [1.165, 1.54) is 19.2 Å². The first-order valence-electron chi connectivity index (χ1n) is 6.66. The second kappa shape index (κ2) is 7.24. The van der Waals surface area contributed by atoms with Gasteiger partial charge in [-0.3, -0.25) is 4.79 Å². The summed E-state index contributed by atoms with van der Waals surface area (Å²) in [5.41, 5.74) is 0.423. The fraction of sp³-hybridized carbons (Fsp3) is 0.533. The van der Waals surface area contributed by atoms with Crippen LogP contribution in [0.3, 0.4) is 0 Å². The molecule has 0 aliphatic rings. The zero-order chi connectivity index (χ0) is 14.3. The number of carbonyl (C=O) groups excluding carboxylic acids is 1. The summed E-state index contributed by atoms with van der Waals surface area (Å²) in [6, 6.07) is 6.30. The van der Waals surface area contributed by atoms with Gasteiger partial charge in [0, 0.05) is 0 Å². The highest BCUT2D eigenvalue weighted by molar-refractivity contribution is 5.71. The Morgan fingerprint density at radius 3 is 2.42 bits per heavy atom. The van der Waals surface area contributed by atoms with Crippen molar-refractivity contribution in [3.8, 4) is 0 Å². The van der Waals surface area contributed by atoms with Gasteiger partial charge in [-0.25, -0.2) is 4.39 Å². The smallest absolute Gasteiger partial charge is 0.307 e. The molecule has 0 heterocycles. The Morgan fingerprint density at radius 2 is 1.95 bits per heavy atom. The van der Waals surface area contributed by atoms with E-state index in [0.717, 1.165) is 24.9 Å². The number of rotatable bonds is 7. The fourth-order valence-corrected chi connectivity index (χ4v) is 2.17. The number of methoxy groups -OCH3 is 1. The van der Waals surface area contributed by atoms with Crippen LogP contribution < -0.4 is 5.32 Å². The minimum absolute atomic E-state index is 0.242. The molecule has 0 amide bonds. The predicted molar refractivity (Wildman–Crippen MR) is 73.3 cm³/mol. The van der Waals surface area contributed by atoms with Crippen molar-refractivity contribution in [1.29, 1.82) is 0 Å². The van der Waals surface area contributed by atoms with Crippen LogP contribution in [0.15, 0.2) is 24.3 Å². The molecule has 4 heteroatoms. The van der Waals surface area contributed by atoms with E-state index in [9.17, 15) is 9.18 Å². The van der Waals surface area contributed by atoms with Crippen LogP contribution in [-0.2, 0) is 15.1 Å². The maximum atomic E-state index is 13.0. The SMILES string of the molecule is CCCNC(CC)(CC(=O)OC)c1ccc(F)cc1. The van der Waals surface area contributed by atoms with Crippen LogP contribution in [-0.4, -0.2) is 19.6 Å². The van der Waals surface area contributed by atoms with Gasteiger partial charge in [0.25, 0.3) is 0 Å². The van der Waals surface area contributed by atoms with Crippen LogP contribution in [0.25, 0.3) is 0 Å². The van der Waals surface area contributed by atoms with Gasteiger partial charge >= 0.3 is 5.97 Å². The van der Waals surface area contributed by atoms with Crippen molar-refractivity contribution in [3.63, 3.8) is 0 Å². The highest BCUT2D eigenvalue weighted by Gasteiger charge is 2.32. The molecule has 1 unspecified atom stereocenters. The van der Waals surface area contributed by atoms with E-state index in [2.05, 4.69) is 12.2 Å². The van der Waals surface area contributed by atoms with Gasteiger partial charge in [0.1, 0.15) is 5.82 Å². The van der Waals surface area contributed by atoms with Gasteiger partial charge in [-0.1, -0.05) is 26.0 Å². The third-order valence-electron chi connectivity index (χ3n) is 3.39. The molecule has 1 N–H and O–H groups in total. The molecule has 0 bridgehead atoms. The summed E-state index contributed by atoms with van der Waals surface area (Å²) in [7, 11) is 1.38. The first kappa shape index (κ1) is 15.6. The minimum atomic E-state index is -0.489. The summed E-state index contributed by atoms with van der Waals surface area (Å²) in [4.78, 5) is 11.7. The Kier molecular flexibility index (Phi) is 5.96. The van der Waals surface area contributed by atoms with Crippen molar-refractivity contribution in [3.05, 3.63) is 35.6 Å². The summed E-state index contributed by atoms with van der Waals surface area (Å²) < 4.78 is 17.8. The van der Waals surface area contributed by atoms with E-state index in [1.807, 2.05) is 6.92 Å². The van der Waals surface area contributed by atoms with Gasteiger partial charge in [-0.15, -0.1) is 0 Å². The molecule has 106 valence electrons. The minimum Gasteiger partial charge on any atom is -0.469 e. The molecule has 0 saturated carbocycles. The fourth-order valence-electron chi connectivity index (χ4n) is 2.17. The van der Waals surface area contributed by atoms with Crippen molar-refractivity contribution in [2.75, 3.05) is 13.7 Å². The van der Waals surface area contributed by atoms with Gasteiger partial charge in [-0.05, 0) is 37.1 Å². The molecule has 0 radical (unpaired) electrons. The zero-order valence-corrected chi connectivity index (χ0v) is 11.8. The second-order valence-electron chi connectivity index (χ2n) is 4.62. The maximum absolute atomic E-state index is 13.0. The monoisotopic (exact) mass is 267 g/mol. The van der Waals surface area contributed by atoms with Crippen LogP contribution in [0.2, 0.25) is 0 Å². The van der Waals surface area contributed by atoms with Crippen LogP contribution >= 0.6 is 0 Å². The van der Waals surface area contributed by atoms with E-state index < -0.39 is 5.54 Å². The predicted octanol–water partition coefficient (Wildman–Crippen LogP) is 2.99. The lowest BCUT2D eigenvalue weighted by Crippen LogP contribution is -2.44. The number of ether oxygens (including phenoxy) is 1. The number of esters is 1. The molecular weight excluding hydrogens is 245 g/mol. The van der Waals surface area contributed by atoms with Crippen LogP contribution in [0.4, 0.5) is 4.39 Å². The van der Waals surface area contributed by atoms with E-state index in [4.69, 9.17) is 4.74 Å². The molecule has 0 saturated heterocycles. The highest BCUT2D eigenvalue weighted by atomic mass is 19.1. The third-order valence-corrected chi connectivity index (χ3v) is 3.39. The van der Waals surface area contributed by atoms with E-state index in [1.54, 1.807) is 12.1 Å². The normalized spacial score (nSPS) is 13.9. The van der Waals surface area contributed by atoms with E-state index in [-0.39, 0.29) is 18.2 Å². The largest absolute Gasteiger partial charge is 0.469 e. The van der Waals surface area contributed by atoms with Gasteiger partial charge in [0.2, 0.25) is 0 Å². The molecule has 0 aromatic heterocycles. The number of nitrogens with one attached hydrogen (secondary N) is 1. The Hall–Kier alpha value is -1.42. The second-order valence-corrected chi connectivity index (χ2v) is 4.62. The number of benzene rings is 1. The Labute approximate surface area is 114 Å².